The van der Waals surface area contributed by atoms with Crippen molar-refractivity contribution in [1.29, 1.82) is 0 Å². The molecule has 4 rings (SSSR count). The van der Waals surface area contributed by atoms with Crippen LogP contribution in [-0.2, 0) is 19.1 Å². The van der Waals surface area contributed by atoms with Gasteiger partial charge in [0.25, 0.3) is 0 Å². The first-order valence-electron chi connectivity index (χ1n) is 9.68. The summed E-state index contributed by atoms with van der Waals surface area (Å²) in [6, 6.07) is 14.9. The molecular weight excluding hydrogens is 354 g/mol. The molecule has 0 unspecified atom stereocenters. The molecule has 2 aliphatic rings. The molecule has 1 N–H and O–H groups in total. The van der Waals surface area contributed by atoms with Gasteiger partial charge in [0.05, 0.1) is 13.0 Å². The SMILES string of the molecule is COC(=O)[C@H](NC(=O)C1c2ccccc2-c2ccccc21)[C@@H]1CCCC(=O)C1. The first-order chi connectivity index (χ1) is 13.6. The summed E-state index contributed by atoms with van der Waals surface area (Å²) in [5.41, 5.74) is 3.95. The van der Waals surface area contributed by atoms with Crippen molar-refractivity contribution in [3.63, 3.8) is 0 Å². The zero-order chi connectivity index (χ0) is 19.7. The van der Waals surface area contributed by atoms with E-state index in [0.717, 1.165) is 35.1 Å². The predicted molar refractivity (Wildman–Crippen MR) is 105 cm³/mol. The Morgan fingerprint density at radius 1 is 1.04 bits per heavy atom. The van der Waals surface area contributed by atoms with Gasteiger partial charge in [-0.3, -0.25) is 9.59 Å². The molecular formula is C23H23NO4. The van der Waals surface area contributed by atoms with Gasteiger partial charge in [0, 0.05) is 12.8 Å². The topological polar surface area (TPSA) is 72.5 Å². The first kappa shape index (κ1) is 18.4. The Morgan fingerprint density at radius 2 is 1.64 bits per heavy atom. The van der Waals surface area contributed by atoms with Crippen LogP contribution in [0, 0.1) is 5.92 Å². The number of hydrogen-bond acceptors (Lipinski definition) is 4. The summed E-state index contributed by atoms with van der Waals surface area (Å²) in [7, 11) is 1.31. The van der Waals surface area contributed by atoms with Crippen LogP contribution in [0.15, 0.2) is 48.5 Å². The standard InChI is InChI=1S/C23H23NO4/c1-28-23(27)21(14-7-6-8-15(25)13-14)24-22(26)20-18-11-4-2-9-16(18)17-10-3-5-12-19(17)20/h2-5,9-12,14,20-21H,6-8,13H2,1H3,(H,24,26)/t14-,21-/m1/s1. The Bertz CT molecular complexity index is 890. The van der Waals surface area contributed by atoms with Gasteiger partial charge >= 0.3 is 5.97 Å². The highest BCUT2D eigenvalue weighted by molar-refractivity contribution is 5.98. The molecule has 0 spiro atoms. The van der Waals surface area contributed by atoms with E-state index in [1.165, 1.54) is 7.11 Å². The number of ketones is 1. The third-order valence-electron chi connectivity index (χ3n) is 5.84. The highest BCUT2D eigenvalue weighted by Gasteiger charge is 2.39. The quantitative estimate of drug-likeness (QED) is 0.831. The second kappa shape index (κ2) is 7.58. The molecule has 0 radical (unpaired) electrons. The first-order valence-corrected chi connectivity index (χ1v) is 9.68. The highest BCUT2D eigenvalue weighted by atomic mass is 16.5. The molecule has 2 atom stereocenters. The van der Waals surface area contributed by atoms with Crippen molar-refractivity contribution in [2.45, 2.75) is 37.6 Å². The van der Waals surface area contributed by atoms with Gasteiger partial charge in [-0.15, -0.1) is 0 Å². The number of carbonyl (C=O) groups excluding carboxylic acids is 3. The number of hydrogen-bond donors (Lipinski definition) is 1. The molecule has 1 amide bonds. The molecule has 0 saturated heterocycles. The fraction of sp³-hybridized carbons (Fsp3) is 0.348. The molecule has 2 aliphatic carbocycles. The Morgan fingerprint density at radius 3 is 2.21 bits per heavy atom. The summed E-state index contributed by atoms with van der Waals surface area (Å²) in [5.74, 6) is -1.28. The van der Waals surface area contributed by atoms with Gasteiger partial charge in [-0.05, 0) is 41.0 Å². The molecule has 144 valence electrons. The van der Waals surface area contributed by atoms with Crippen LogP contribution in [0.5, 0.6) is 0 Å². The van der Waals surface area contributed by atoms with E-state index >= 15 is 0 Å². The molecule has 2 aromatic rings. The Balaban J connectivity index is 1.64. The van der Waals surface area contributed by atoms with E-state index in [1.807, 2.05) is 48.5 Å². The molecule has 28 heavy (non-hydrogen) atoms. The van der Waals surface area contributed by atoms with Gasteiger partial charge in [-0.1, -0.05) is 48.5 Å². The molecule has 0 aliphatic heterocycles. The smallest absolute Gasteiger partial charge is 0.328 e. The lowest BCUT2D eigenvalue weighted by Gasteiger charge is -2.29. The second-order valence-corrected chi connectivity index (χ2v) is 7.51. The van der Waals surface area contributed by atoms with E-state index in [9.17, 15) is 14.4 Å². The van der Waals surface area contributed by atoms with Crippen LogP contribution in [-0.4, -0.2) is 30.8 Å². The maximum atomic E-state index is 13.3. The lowest BCUT2D eigenvalue weighted by atomic mass is 9.82. The molecule has 5 heteroatoms. The van der Waals surface area contributed by atoms with E-state index < -0.39 is 17.9 Å². The van der Waals surface area contributed by atoms with Gasteiger partial charge in [0.1, 0.15) is 11.8 Å². The number of methoxy groups -OCH3 is 1. The largest absolute Gasteiger partial charge is 0.467 e. The van der Waals surface area contributed by atoms with Crippen LogP contribution in [0.3, 0.4) is 0 Å². The number of esters is 1. The Hall–Kier alpha value is -2.95. The van der Waals surface area contributed by atoms with Crippen molar-refractivity contribution < 1.29 is 19.1 Å². The average Bonchev–Trinajstić information content (AvgIpc) is 3.06. The lowest BCUT2D eigenvalue weighted by molar-refractivity contribution is -0.147. The summed E-state index contributed by atoms with van der Waals surface area (Å²) in [4.78, 5) is 37.6. The third kappa shape index (κ3) is 3.21. The van der Waals surface area contributed by atoms with E-state index in [-0.39, 0.29) is 17.6 Å². The molecule has 0 bridgehead atoms. The number of Topliss-reactive ketones (excluding diaryl/α,β-unsaturated/α-hetero) is 1. The Kier molecular flexibility index (Phi) is 4.99. The number of rotatable bonds is 4. The molecule has 5 nitrogen and oxygen atoms in total. The maximum absolute atomic E-state index is 13.3. The molecule has 1 fully saturated rings. The summed E-state index contributed by atoms with van der Waals surface area (Å²) in [6.07, 6.45) is 2.31. The zero-order valence-corrected chi connectivity index (χ0v) is 15.8. The second-order valence-electron chi connectivity index (χ2n) is 7.51. The molecule has 2 aromatic carbocycles. The van der Waals surface area contributed by atoms with Crippen molar-refractivity contribution in [3.8, 4) is 11.1 Å². The van der Waals surface area contributed by atoms with Gasteiger partial charge in [-0.25, -0.2) is 4.79 Å². The van der Waals surface area contributed by atoms with Crippen molar-refractivity contribution in [2.75, 3.05) is 7.11 Å². The summed E-state index contributed by atoms with van der Waals surface area (Å²) in [6.45, 7) is 0. The number of fused-ring (bicyclic) bond motifs is 3. The van der Waals surface area contributed by atoms with Crippen molar-refractivity contribution in [2.24, 2.45) is 5.92 Å². The van der Waals surface area contributed by atoms with Crippen LogP contribution in [0.2, 0.25) is 0 Å². The summed E-state index contributed by atoms with van der Waals surface area (Å²) < 4.78 is 4.94. The molecule has 1 saturated carbocycles. The van der Waals surface area contributed by atoms with Crippen molar-refractivity contribution >= 4 is 17.7 Å². The molecule has 0 aromatic heterocycles. The van der Waals surface area contributed by atoms with Crippen LogP contribution < -0.4 is 5.32 Å². The minimum absolute atomic E-state index is 0.135. The number of ether oxygens (including phenoxy) is 1. The van der Waals surface area contributed by atoms with Gasteiger partial charge < -0.3 is 10.1 Å². The normalized spacial score (nSPS) is 19.5. The maximum Gasteiger partial charge on any atom is 0.328 e. The van der Waals surface area contributed by atoms with E-state index in [4.69, 9.17) is 4.74 Å². The van der Waals surface area contributed by atoms with E-state index in [0.29, 0.717) is 12.8 Å². The number of benzene rings is 2. The predicted octanol–water partition coefficient (Wildman–Crippen LogP) is 3.22. The van der Waals surface area contributed by atoms with Crippen molar-refractivity contribution in [1.82, 2.24) is 5.32 Å². The summed E-state index contributed by atoms with van der Waals surface area (Å²) in [5, 5.41) is 2.92. The minimum atomic E-state index is -0.804. The fourth-order valence-corrected chi connectivity index (χ4v) is 4.51. The van der Waals surface area contributed by atoms with Gasteiger partial charge in [0.2, 0.25) is 5.91 Å². The van der Waals surface area contributed by atoms with E-state index in [1.54, 1.807) is 0 Å². The third-order valence-corrected chi connectivity index (χ3v) is 5.84. The lowest BCUT2D eigenvalue weighted by Crippen LogP contribution is -2.49. The van der Waals surface area contributed by atoms with Crippen LogP contribution in [0.25, 0.3) is 11.1 Å². The fourth-order valence-electron chi connectivity index (χ4n) is 4.51. The monoisotopic (exact) mass is 377 g/mol. The van der Waals surface area contributed by atoms with Crippen LogP contribution >= 0.6 is 0 Å². The molecule has 0 heterocycles. The number of amides is 1. The Labute approximate surface area is 164 Å². The highest BCUT2D eigenvalue weighted by Crippen LogP contribution is 2.44. The average molecular weight is 377 g/mol. The van der Waals surface area contributed by atoms with Crippen LogP contribution in [0.1, 0.15) is 42.7 Å². The number of carbonyl (C=O) groups is 3. The van der Waals surface area contributed by atoms with Gasteiger partial charge in [-0.2, -0.15) is 0 Å². The number of nitrogens with one attached hydrogen (secondary N) is 1. The van der Waals surface area contributed by atoms with E-state index in [2.05, 4.69) is 5.32 Å². The minimum Gasteiger partial charge on any atom is -0.467 e. The van der Waals surface area contributed by atoms with Gasteiger partial charge in [0.15, 0.2) is 0 Å². The zero-order valence-electron chi connectivity index (χ0n) is 15.8. The van der Waals surface area contributed by atoms with Crippen molar-refractivity contribution in [3.05, 3.63) is 59.7 Å². The van der Waals surface area contributed by atoms with Crippen LogP contribution in [0.4, 0.5) is 0 Å². The summed E-state index contributed by atoms with van der Waals surface area (Å²) >= 11 is 0.